The lowest BCUT2D eigenvalue weighted by Gasteiger charge is -2.43. The van der Waals surface area contributed by atoms with E-state index in [2.05, 4.69) is 41.9 Å². The number of carbonyl (C=O) groups excluding carboxylic acids is 1. The van der Waals surface area contributed by atoms with Gasteiger partial charge in [-0.3, -0.25) is 19.4 Å². The van der Waals surface area contributed by atoms with E-state index in [1.54, 1.807) is 11.1 Å². The van der Waals surface area contributed by atoms with Gasteiger partial charge in [0.05, 0.1) is 36.3 Å². The molecule has 4 heterocycles. The molecule has 0 unspecified atom stereocenters. The van der Waals surface area contributed by atoms with Gasteiger partial charge >= 0.3 is 0 Å². The van der Waals surface area contributed by atoms with E-state index in [1.807, 2.05) is 19.1 Å². The lowest BCUT2D eigenvalue weighted by Crippen LogP contribution is -2.53. The quantitative estimate of drug-likeness (QED) is 0.248. The van der Waals surface area contributed by atoms with Gasteiger partial charge in [0, 0.05) is 76.0 Å². The highest BCUT2D eigenvalue weighted by molar-refractivity contribution is 6.02. The van der Waals surface area contributed by atoms with E-state index in [9.17, 15) is 13.6 Å². The summed E-state index contributed by atoms with van der Waals surface area (Å²) in [7, 11) is 0. The predicted octanol–water partition coefficient (Wildman–Crippen LogP) is 5.65. The predicted molar refractivity (Wildman–Crippen MR) is 185 cm³/mol. The second-order valence-electron chi connectivity index (χ2n) is 13.1. The normalized spacial score (nSPS) is 20.8. The number of ether oxygens (including phenoxy) is 1. The maximum absolute atomic E-state index is 14.0. The molecular weight excluding hydrogens is 630 g/mol. The summed E-state index contributed by atoms with van der Waals surface area (Å²) in [6.45, 7) is 12.7. The summed E-state index contributed by atoms with van der Waals surface area (Å²) in [4.78, 5) is 34.9. The number of piperidine rings is 1. The van der Waals surface area contributed by atoms with Crippen LogP contribution in [0.4, 0.5) is 37.5 Å². The van der Waals surface area contributed by atoms with Crippen molar-refractivity contribution in [2.45, 2.75) is 57.2 Å². The van der Waals surface area contributed by atoms with Gasteiger partial charge in [0.2, 0.25) is 5.91 Å². The second kappa shape index (κ2) is 14.7. The number of nitrogens with zero attached hydrogens (tertiary/aromatic N) is 6. The van der Waals surface area contributed by atoms with Gasteiger partial charge in [-0.1, -0.05) is 6.58 Å². The molecule has 1 aliphatic carbocycles. The third kappa shape index (κ3) is 7.63. The Kier molecular flexibility index (Phi) is 9.92. The number of amides is 1. The largest absolute Gasteiger partial charge is 0.492 e. The Hall–Kier alpha value is -4.33. The molecule has 7 rings (SSSR count). The van der Waals surface area contributed by atoms with Crippen LogP contribution in [-0.2, 0) is 9.63 Å². The van der Waals surface area contributed by atoms with Crippen LogP contribution in [0.1, 0.15) is 50.6 Å². The number of anilines is 5. The van der Waals surface area contributed by atoms with Crippen LogP contribution in [0.2, 0.25) is 0 Å². The van der Waals surface area contributed by atoms with Gasteiger partial charge in [0.25, 0.3) is 0 Å². The van der Waals surface area contributed by atoms with E-state index in [0.29, 0.717) is 60.0 Å². The molecule has 4 fully saturated rings. The third-order valence-electron chi connectivity index (χ3n) is 9.89. The first kappa shape index (κ1) is 33.2. The molecule has 260 valence electrons. The Labute approximate surface area is 285 Å². The molecule has 1 atom stereocenters. The molecule has 3 aromatic rings. The number of rotatable bonds is 11. The molecule has 3 aliphatic heterocycles. The number of hydrogen-bond donors (Lipinski definition) is 2. The van der Waals surface area contributed by atoms with Gasteiger partial charge in [-0.2, -0.15) is 0 Å². The van der Waals surface area contributed by atoms with Crippen LogP contribution in [0.5, 0.6) is 5.75 Å². The number of hydroxylamine groups is 1. The van der Waals surface area contributed by atoms with Crippen molar-refractivity contribution < 1.29 is 23.1 Å². The Balaban J connectivity index is 1.10. The summed E-state index contributed by atoms with van der Waals surface area (Å²) in [6, 6.07) is 9.96. The molecule has 11 nitrogen and oxygen atoms in total. The highest BCUT2D eigenvalue weighted by Gasteiger charge is 2.34. The van der Waals surface area contributed by atoms with E-state index in [4.69, 9.17) is 9.57 Å². The van der Waals surface area contributed by atoms with Crippen molar-refractivity contribution in [3.63, 3.8) is 0 Å². The fourth-order valence-corrected chi connectivity index (χ4v) is 7.31. The standard InChI is InChI=1S/C36H44F2N8O3/c1-3-36(47)42-29-20-30(41-34-22-35(40-23-39-34)46-31(9-16-49-46)24-17-25(37)19-26(38)18-24)33(48-4-2)21-32(29)45-10-7-28(8-11-45)44-14-12-43(13-15-44)27-5-6-27/h3,17-23,27-28,31H,1,4-16H2,2H3,(H,42,47)(H,39,40,41)/t31-/m1/s1. The molecule has 4 aliphatic rings. The Morgan fingerprint density at radius 1 is 0.918 bits per heavy atom. The van der Waals surface area contributed by atoms with Crippen molar-refractivity contribution in [2.75, 3.05) is 73.1 Å². The number of carbonyl (C=O) groups is 1. The highest BCUT2D eigenvalue weighted by atomic mass is 19.1. The van der Waals surface area contributed by atoms with Gasteiger partial charge < -0.3 is 20.3 Å². The average molecular weight is 675 g/mol. The van der Waals surface area contributed by atoms with Crippen molar-refractivity contribution in [2.24, 2.45) is 0 Å². The molecule has 1 aromatic heterocycles. The molecule has 2 aromatic carbocycles. The minimum atomic E-state index is -0.648. The van der Waals surface area contributed by atoms with Crippen LogP contribution in [-0.4, -0.2) is 90.2 Å². The Morgan fingerprint density at radius 3 is 2.27 bits per heavy atom. The van der Waals surface area contributed by atoms with E-state index >= 15 is 0 Å². The Bertz CT molecular complexity index is 1640. The lowest BCUT2D eigenvalue weighted by atomic mass is 10.0. The summed E-state index contributed by atoms with van der Waals surface area (Å²) in [6.07, 6.45) is 8.00. The van der Waals surface area contributed by atoms with Crippen LogP contribution < -0.4 is 25.3 Å². The average Bonchev–Trinajstić information content (AvgIpc) is 3.84. The third-order valence-corrected chi connectivity index (χ3v) is 9.89. The topological polar surface area (TPSA) is 98.3 Å². The summed E-state index contributed by atoms with van der Waals surface area (Å²) < 4.78 is 34.2. The molecule has 49 heavy (non-hydrogen) atoms. The molecule has 0 radical (unpaired) electrons. The van der Waals surface area contributed by atoms with Gasteiger partial charge in [-0.25, -0.2) is 23.8 Å². The van der Waals surface area contributed by atoms with E-state index < -0.39 is 17.7 Å². The zero-order chi connectivity index (χ0) is 33.9. The summed E-state index contributed by atoms with van der Waals surface area (Å²) in [5, 5.41) is 7.90. The van der Waals surface area contributed by atoms with Crippen LogP contribution in [0.25, 0.3) is 0 Å². The number of piperazine rings is 1. The Morgan fingerprint density at radius 2 is 1.61 bits per heavy atom. The van der Waals surface area contributed by atoms with Gasteiger partial charge in [-0.05, 0) is 62.4 Å². The maximum Gasteiger partial charge on any atom is 0.247 e. The van der Waals surface area contributed by atoms with Gasteiger partial charge in [-0.15, -0.1) is 0 Å². The molecule has 1 saturated carbocycles. The number of nitrogens with one attached hydrogen (secondary N) is 2. The summed E-state index contributed by atoms with van der Waals surface area (Å²) >= 11 is 0. The highest BCUT2D eigenvalue weighted by Crippen LogP contribution is 2.41. The van der Waals surface area contributed by atoms with Crippen LogP contribution in [0.3, 0.4) is 0 Å². The van der Waals surface area contributed by atoms with Crippen molar-refractivity contribution in [3.8, 4) is 5.75 Å². The molecule has 0 bridgehead atoms. The number of halogens is 2. The van der Waals surface area contributed by atoms with Crippen molar-refractivity contribution in [1.29, 1.82) is 0 Å². The van der Waals surface area contributed by atoms with Crippen molar-refractivity contribution in [1.82, 2.24) is 19.8 Å². The molecule has 0 spiro atoms. The van der Waals surface area contributed by atoms with E-state index in [-0.39, 0.29) is 5.91 Å². The fourth-order valence-electron chi connectivity index (χ4n) is 7.31. The van der Waals surface area contributed by atoms with Crippen molar-refractivity contribution >= 4 is 34.6 Å². The first-order valence-electron chi connectivity index (χ1n) is 17.3. The SMILES string of the molecule is C=CC(=O)Nc1cc(Nc2cc(N3OCC[C@@H]3c3cc(F)cc(F)c3)ncn2)c(OCC)cc1N1CCC(N2CCN(C3CC3)CC2)CC1. The second-order valence-corrected chi connectivity index (χ2v) is 13.1. The van der Waals surface area contributed by atoms with E-state index in [1.165, 1.54) is 50.5 Å². The maximum atomic E-state index is 14.0. The number of benzene rings is 2. The van der Waals surface area contributed by atoms with Gasteiger partial charge in [0.1, 0.15) is 29.5 Å². The minimum Gasteiger partial charge on any atom is -0.492 e. The molecular formula is C36H44F2N8O3. The monoisotopic (exact) mass is 674 g/mol. The van der Waals surface area contributed by atoms with E-state index in [0.717, 1.165) is 56.8 Å². The van der Waals surface area contributed by atoms with Crippen LogP contribution in [0, 0.1) is 11.6 Å². The number of hydrogen-bond acceptors (Lipinski definition) is 10. The fraction of sp³-hybridized carbons (Fsp3) is 0.472. The number of aromatic nitrogens is 2. The zero-order valence-electron chi connectivity index (χ0n) is 27.9. The van der Waals surface area contributed by atoms with Crippen molar-refractivity contribution in [3.05, 3.63) is 72.6 Å². The molecule has 3 saturated heterocycles. The molecule has 1 amide bonds. The molecule has 13 heteroatoms. The zero-order valence-corrected chi connectivity index (χ0v) is 27.9. The first-order chi connectivity index (χ1) is 23.9. The summed E-state index contributed by atoms with van der Waals surface area (Å²) in [5.74, 6) is -0.124. The van der Waals surface area contributed by atoms with Crippen LogP contribution in [0.15, 0.2) is 55.4 Å². The minimum absolute atomic E-state index is 0.310. The van der Waals surface area contributed by atoms with Gasteiger partial charge in [0.15, 0.2) is 5.82 Å². The lowest BCUT2D eigenvalue weighted by molar-refractivity contribution is -0.111. The summed E-state index contributed by atoms with van der Waals surface area (Å²) in [5.41, 5.74) is 2.59. The smallest absolute Gasteiger partial charge is 0.247 e. The molecule has 2 N–H and O–H groups in total. The first-order valence-corrected chi connectivity index (χ1v) is 17.3. The van der Waals surface area contributed by atoms with Crippen LogP contribution >= 0.6 is 0 Å².